The van der Waals surface area contributed by atoms with Crippen LogP contribution in [0.15, 0.2) is 30.3 Å². The Balaban J connectivity index is 1.94. The first-order valence-corrected chi connectivity index (χ1v) is 4.86. The lowest BCUT2D eigenvalue weighted by Crippen LogP contribution is -2.32. The van der Waals surface area contributed by atoms with E-state index in [2.05, 4.69) is 5.32 Å². The largest absolute Gasteiger partial charge is 0.325 e. The quantitative estimate of drug-likeness (QED) is 0.762. The lowest BCUT2D eigenvalue weighted by molar-refractivity contribution is 0.220. The normalized spacial score (nSPS) is 14.9. The van der Waals surface area contributed by atoms with Crippen LogP contribution in [0.5, 0.6) is 0 Å². The second-order valence-electron chi connectivity index (χ2n) is 3.64. The van der Waals surface area contributed by atoms with E-state index in [0.717, 1.165) is 18.5 Å². The van der Waals surface area contributed by atoms with Crippen LogP contribution in [-0.2, 0) is 0 Å². The minimum atomic E-state index is -0.0151. The van der Waals surface area contributed by atoms with E-state index < -0.39 is 0 Å². The van der Waals surface area contributed by atoms with Gasteiger partial charge in [0.25, 0.3) is 0 Å². The van der Waals surface area contributed by atoms with E-state index in [0.29, 0.717) is 6.04 Å². The van der Waals surface area contributed by atoms with Gasteiger partial charge in [-0.15, -0.1) is 0 Å². The van der Waals surface area contributed by atoms with Gasteiger partial charge in [-0.25, -0.2) is 4.79 Å². The van der Waals surface area contributed by atoms with E-state index in [1.54, 1.807) is 4.90 Å². The summed E-state index contributed by atoms with van der Waals surface area (Å²) in [4.78, 5) is 13.4. The number of para-hydroxylation sites is 1. The second-order valence-corrected chi connectivity index (χ2v) is 3.64. The average molecular weight is 190 g/mol. The van der Waals surface area contributed by atoms with Crippen molar-refractivity contribution in [1.29, 1.82) is 0 Å². The number of hydrogen-bond donors (Lipinski definition) is 1. The molecule has 1 aliphatic rings. The molecule has 1 aliphatic carbocycles. The van der Waals surface area contributed by atoms with Crippen molar-refractivity contribution in [1.82, 2.24) is 4.90 Å². The Bertz CT molecular complexity index is 319. The molecule has 1 N–H and O–H groups in total. The maximum atomic E-state index is 11.6. The molecule has 1 fully saturated rings. The lowest BCUT2D eigenvalue weighted by Gasteiger charge is -2.16. The molecule has 1 aromatic rings. The van der Waals surface area contributed by atoms with E-state index >= 15 is 0 Å². The highest BCUT2D eigenvalue weighted by molar-refractivity contribution is 5.89. The molecule has 2 rings (SSSR count). The summed E-state index contributed by atoms with van der Waals surface area (Å²) in [7, 11) is 1.84. The number of benzene rings is 1. The Labute approximate surface area is 83.7 Å². The van der Waals surface area contributed by atoms with E-state index in [1.807, 2.05) is 37.4 Å². The number of urea groups is 1. The molecule has 2 amide bonds. The number of hydrogen-bond acceptors (Lipinski definition) is 1. The fourth-order valence-corrected chi connectivity index (χ4v) is 1.36. The molecule has 0 radical (unpaired) electrons. The number of carbonyl (C=O) groups excluding carboxylic acids is 1. The summed E-state index contributed by atoms with van der Waals surface area (Å²) in [5, 5.41) is 2.85. The number of rotatable bonds is 2. The van der Waals surface area contributed by atoms with Crippen LogP contribution in [-0.4, -0.2) is 24.0 Å². The first kappa shape index (κ1) is 9.06. The van der Waals surface area contributed by atoms with Crippen molar-refractivity contribution in [3.63, 3.8) is 0 Å². The third-order valence-corrected chi connectivity index (χ3v) is 2.44. The molecule has 74 valence electrons. The van der Waals surface area contributed by atoms with E-state index in [-0.39, 0.29) is 6.03 Å². The fourth-order valence-electron chi connectivity index (χ4n) is 1.36. The van der Waals surface area contributed by atoms with Crippen LogP contribution in [0.25, 0.3) is 0 Å². The summed E-state index contributed by atoms with van der Waals surface area (Å²) >= 11 is 0. The highest BCUT2D eigenvalue weighted by Gasteiger charge is 2.29. The van der Waals surface area contributed by atoms with Crippen molar-refractivity contribution in [2.75, 3.05) is 12.4 Å². The zero-order chi connectivity index (χ0) is 9.97. The number of nitrogens with zero attached hydrogens (tertiary/aromatic N) is 1. The van der Waals surface area contributed by atoms with Crippen molar-refractivity contribution in [3.05, 3.63) is 30.3 Å². The first-order valence-electron chi connectivity index (χ1n) is 4.86. The Kier molecular flexibility index (Phi) is 2.39. The predicted octanol–water partition coefficient (Wildman–Crippen LogP) is 2.31. The molecule has 1 saturated carbocycles. The molecule has 0 saturated heterocycles. The van der Waals surface area contributed by atoms with Gasteiger partial charge in [-0.2, -0.15) is 0 Å². The number of amides is 2. The summed E-state index contributed by atoms with van der Waals surface area (Å²) in [5.74, 6) is 0. The van der Waals surface area contributed by atoms with Crippen molar-refractivity contribution in [3.8, 4) is 0 Å². The molecule has 1 aromatic carbocycles. The third-order valence-electron chi connectivity index (χ3n) is 2.44. The van der Waals surface area contributed by atoms with Crippen LogP contribution in [0.4, 0.5) is 10.5 Å². The van der Waals surface area contributed by atoms with Crippen molar-refractivity contribution < 1.29 is 4.79 Å². The van der Waals surface area contributed by atoms with Crippen LogP contribution >= 0.6 is 0 Å². The molecule has 0 bridgehead atoms. The lowest BCUT2D eigenvalue weighted by atomic mass is 10.3. The number of nitrogens with one attached hydrogen (secondary N) is 1. The zero-order valence-corrected chi connectivity index (χ0v) is 8.23. The Morgan fingerprint density at radius 2 is 2.00 bits per heavy atom. The first-order chi connectivity index (χ1) is 6.77. The Morgan fingerprint density at radius 1 is 1.36 bits per heavy atom. The van der Waals surface area contributed by atoms with Crippen molar-refractivity contribution >= 4 is 11.7 Å². The van der Waals surface area contributed by atoms with Crippen molar-refractivity contribution in [2.45, 2.75) is 18.9 Å². The minimum absolute atomic E-state index is 0.0151. The Morgan fingerprint density at radius 3 is 2.57 bits per heavy atom. The van der Waals surface area contributed by atoms with Crippen LogP contribution in [0, 0.1) is 0 Å². The molecule has 14 heavy (non-hydrogen) atoms. The van der Waals surface area contributed by atoms with Crippen LogP contribution in [0.2, 0.25) is 0 Å². The molecule has 0 spiro atoms. The number of carbonyl (C=O) groups is 1. The Hall–Kier alpha value is -1.51. The third kappa shape index (κ3) is 2.05. The highest BCUT2D eigenvalue weighted by Crippen LogP contribution is 2.25. The molecule has 0 aromatic heterocycles. The van der Waals surface area contributed by atoms with Crippen LogP contribution in [0.3, 0.4) is 0 Å². The molecule has 3 heteroatoms. The summed E-state index contributed by atoms with van der Waals surface area (Å²) in [5.41, 5.74) is 0.852. The monoisotopic (exact) mass is 190 g/mol. The van der Waals surface area contributed by atoms with Gasteiger partial charge in [-0.05, 0) is 25.0 Å². The van der Waals surface area contributed by atoms with E-state index in [4.69, 9.17) is 0 Å². The van der Waals surface area contributed by atoms with Gasteiger partial charge in [0.1, 0.15) is 0 Å². The van der Waals surface area contributed by atoms with Crippen LogP contribution < -0.4 is 5.32 Å². The topological polar surface area (TPSA) is 32.3 Å². The summed E-state index contributed by atoms with van der Waals surface area (Å²) in [6.45, 7) is 0. The maximum absolute atomic E-state index is 11.6. The average Bonchev–Trinajstić information content (AvgIpc) is 3.01. The highest BCUT2D eigenvalue weighted by atomic mass is 16.2. The molecule has 0 unspecified atom stereocenters. The smallest absolute Gasteiger partial charge is 0.321 e. The molecular formula is C11H14N2O. The van der Waals surface area contributed by atoms with Crippen LogP contribution in [0.1, 0.15) is 12.8 Å². The molecule has 0 aliphatic heterocycles. The number of anilines is 1. The second kappa shape index (κ2) is 3.70. The summed E-state index contributed by atoms with van der Waals surface area (Å²) < 4.78 is 0. The van der Waals surface area contributed by atoms with Crippen molar-refractivity contribution in [2.24, 2.45) is 0 Å². The SMILES string of the molecule is CN(C(=O)Nc1ccccc1)C1CC1. The van der Waals surface area contributed by atoms with Gasteiger partial charge >= 0.3 is 6.03 Å². The van der Waals surface area contributed by atoms with Gasteiger partial charge in [0.15, 0.2) is 0 Å². The van der Waals surface area contributed by atoms with E-state index in [1.165, 1.54) is 0 Å². The molecule has 0 atom stereocenters. The minimum Gasteiger partial charge on any atom is -0.325 e. The fraction of sp³-hybridized carbons (Fsp3) is 0.364. The predicted molar refractivity (Wildman–Crippen MR) is 56.2 cm³/mol. The van der Waals surface area contributed by atoms with Gasteiger partial charge in [-0.3, -0.25) is 0 Å². The van der Waals surface area contributed by atoms with E-state index in [9.17, 15) is 4.79 Å². The zero-order valence-electron chi connectivity index (χ0n) is 8.23. The molecule has 3 nitrogen and oxygen atoms in total. The van der Waals surface area contributed by atoms with Gasteiger partial charge < -0.3 is 10.2 Å². The summed E-state index contributed by atoms with van der Waals surface area (Å²) in [6, 6.07) is 9.97. The van der Waals surface area contributed by atoms with Gasteiger partial charge in [0.2, 0.25) is 0 Å². The standard InChI is InChI=1S/C11H14N2O/c1-13(10-7-8-10)11(14)12-9-5-3-2-4-6-9/h2-6,10H,7-8H2,1H3,(H,12,14). The van der Waals surface area contributed by atoms with Gasteiger partial charge in [0.05, 0.1) is 0 Å². The summed E-state index contributed by atoms with van der Waals surface area (Å²) in [6.07, 6.45) is 2.28. The molecular weight excluding hydrogens is 176 g/mol. The van der Waals surface area contributed by atoms with Gasteiger partial charge in [-0.1, -0.05) is 18.2 Å². The maximum Gasteiger partial charge on any atom is 0.321 e. The van der Waals surface area contributed by atoms with Gasteiger partial charge in [0, 0.05) is 18.8 Å². The molecule has 0 heterocycles.